The molecule has 1 aromatic heterocycles. The van der Waals surface area contributed by atoms with E-state index in [0.717, 1.165) is 51.2 Å². The Bertz CT molecular complexity index is 730. The maximum absolute atomic E-state index is 12.8. The van der Waals surface area contributed by atoms with Gasteiger partial charge in [-0.15, -0.1) is 0 Å². The highest BCUT2D eigenvalue weighted by Gasteiger charge is 2.38. The van der Waals surface area contributed by atoms with E-state index >= 15 is 0 Å². The number of hydrogen-bond acceptors (Lipinski definition) is 5. The maximum atomic E-state index is 12.8. The van der Waals surface area contributed by atoms with Gasteiger partial charge in [-0.2, -0.15) is 0 Å². The van der Waals surface area contributed by atoms with E-state index in [1.165, 1.54) is 19.3 Å². The molecule has 2 saturated heterocycles. The highest BCUT2D eigenvalue weighted by atomic mass is 16.2. The Morgan fingerprint density at radius 2 is 1.83 bits per heavy atom. The molecule has 2 atom stereocenters. The van der Waals surface area contributed by atoms with Crippen molar-refractivity contribution in [3.8, 4) is 0 Å². The molecule has 0 unspecified atom stereocenters. The molecule has 0 radical (unpaired) electrons. The number of carbonyl (C=O) groups is 2. The SMILES string of the molecule is Nc1cccc(C(=O)NC[C@@H]2CC[C@H](CC(=O)N3CCCCC3)N2CC2CC2)n1. The van der Waals surface area contributed by atoms with Gasteiger partial charge in [0.05, 0.1) is 0 Å². The largest absolute Gasteiger partial charge is 0.384 e. The van der Waals surface area contributed by atoms with Crippen LogP contribution in [0.25, 0.3) is 0 Å². The third-order valence-corrected chi connectivity index (χ3v) is 6.56. The van der Waals surface area contributed by atoms with E-state index < -0.39 is 0 Å². The summed E-state index contributed by atoms with van der Waals surface area (Å²) in [7, 11) is 0. The number of piperidine rings is 1. The summed E-state index contributed by atoms with van der Waals surface area (Å²) in [6.45, 7) is 3.48. The summed E-state index contributed by atoms with van der Waals surface area (Å²) in [6, 6.07) is 5.70. The van der Waals surface area contributed by atoms with Gasteiger partial charge < -0.3 is 16.0 Å². The molecule has 3 N–H and O–H groups in total. The predicted molar refractivity (Wildman–Crippen MR) is 112 cm³/mol. The summed E-state index contributed by atoms with van der Waals surface area (Å²) in [5, 5.41) is 3.03. The van der Waals surface area contributed by atoms with Gasteiger partial charge in [0.2, 0.25) is 5.91 Å². The Hall–Kier alpha value is -2.15. The molecule has 2 aliphatic heterocycles. The van der Waals surface area contributed by atoms with E-state index in [4.69, 9.17) is 5.73 Å². The van der Waals surface area contributed by atoms with Crippen LogP contribution in [0.3, 0.4) is 0 Å². The molecule has 0 bridgehead atoms. The lowest BCUT2D eigenvalue weighted by molar-refractivity contribution is -0.133. The average Bonchev–Trinajstić information content (AvgIpc) is 3.48. The monoisotopic (exact) mass is 399 g/mol. The van der Waals surface area contributed by atoms with E-state index in [1.807, 2.05) is 0 Å². The van der Waals surface area contributed by atoms with Crippen molar-refractivity contribution in [3.05, 3.63) is 23.9 Å². The maximum Gasteiger partial charge on any atom is 0.270 e. The fraction of sp³-hybridized carbons (Fsp3) is 0.682. The number of nitrogen functional groups attached to an aromatic ring is 1. The molecular formula is C22H33N5O2. The van der Waals surface area contributed by atoms with Crippen LogP contribution in [0.15, 0.2) is 18.2 Å². The van der Waals surface area contributed by atoms with E-state index in [0.29, 0.717) is 42.5 Å². The van der Waals surface area contributed by atoms with Crippen LogP contribution in [0.5, 0.6) is 0 Å². The van der Waals surface area contributed by atoms with Crippen molar-refractivity contribution in [2.75, 3.05) is 31.9 Å². The molecule has 0 spiro atoms. The van der Waals surface area contributed by atoms with Crippen molar-refractivity contribution in [2.24, 2.45) is 5.92 Å². The van der Waals surface area contributed by atoms with Gasteiger partial charge in [-0.3, -0.25) is 14.5 Å². The van der Waals surface area contributed by atoms with Crippen molar-refractivity contribution in [1.29, 1.82) is 0 Å². The Morgan fingerprint density at radius 1 is 1.07 bits per heavy atom. The lowest BCUT2D eigenvalue weighted by Crippen LogP contribution is -2.46. The van der Waals surface area contributed by atoms with Gasteiger partial charge in [0.1, 0.15) is 11.5 Å². The zero-order chi connectivity index (χ0) is 20.2. The van der Waals surface area contributed by atoms with Gasteiger partial charge in [0.15, 0.2) is 0 Å². The second-order valence-corrected chi connectivity index (χ2v) is 8.83. The van der Waals surface area contributed by atoms with Gasteiger partial charge in [0.25, 0.3) is 5.91 Å². The number of aromatic nitrogens is 1. The summed E-state index contributed by atoms with van der Waals surface area (Å²) >= 11 is 0. The molecule has 158 valence electrons. The number of pyridine rings is 1. The third-order valence-electron chi connectivity index (χ3n) is 6.56. The average molecular weight is 400 g/mol. The molecule has 0 aromatic carbocycles. The number of nitrogens with zero attached hydrogens (tertiary/aromatic N) is 3. The number of hydrogen-bond donors (Lipinski definition) is 2. The molecule has 4 rings (SSSR count). The van der Waals surface area contributed by atoms with Gasteiger partial charge >= 0.3 is 0 Å². The number of rotatable bonds is 7. The quantitative estimate of drug-likeness (QED) is 0.732. The molecule has 3 fully saturated rings. The molecule has 3 heterocycles. The second-order valence-electron chi connectivity index (χ2n) is 8.83. The van der Waals surface area contributed by atoms with Gasteiger partial charge in [-0.1, -0.05) is 6.07 Å². The van der Waals surface area contributed by atoms with Crippen molar-refractivity contribution in [1.82, 2.24) is 20.1 Å². The predicted octanol–water partition coefficient (Wildman–Crippen LogP) is 2.04. The molecule has 7 heteroatoms. The summed E-state index contributed by atoms with van der Waals surface area (Å²) < 4.78 is 0. The molecule has 1 saturated carbocycles. The van der Waals surface area contributed by atoms with Crippen LogP contribution < -0.4 is 11.1 Å². The van der Waals surface area contributed by atoms with Crippen LogP contribution in [0.1, 0.15) is 61.9 Å². The first kappa shape index (κ1) is 20.1. The summed E-state index contributed by atoms with van der Waals surface area (Å²) in [6.07, 6.45) is 8.76. The molecular weight excluding hydrogens is 366 g/mol. The minimum Gasteiger partial charge on any atom is -0.384 e. The first-order valence-corrected chi connectivity index (χ1v) is 11.1. The van der Waals surface area contributed by atoms with Gasteiger partial charge in [-0.05, 0) is 63.0 Å². The number of nitrogens with one attached hydrogen (secondary N) is 1. The lowest BCUT2D eigenvalue weighted by atomic mass is 10.1. The summed E-state index contributed by atoms with van der Waals surface area (Å²) in [4.78, 5) is 33.9. The number of carbonyl (C=O) groups excluding carboxylic acids is 2. The smallest absolute Gasteiger partial charge is 0.270 e. The van der Waals surface area contributed by atoms with Crippen LogP contribution in [0.4, 0.5) is 5.82 Å². The number of anilines is 1. The standard InChI is InChI=1S/C22H33N5O2/c23-20-6-4-5-19(25-20)22(29)24-14-18-10-9-17(27(18)15-16-7-8-16)13-21(28)26-11-2-1-3-12-26/h4-6,16-18H,1-3,7-15H2,(H2,23,25)(H,24,29)/t17-,18+/m1/s1. The lowest BCUT2D eigenvalue weighted by Gasteiger charge is -2.33. The van der Waals surface area contributed by atoms with Crippen LogP contribution >= 0.6 is 0 Å². The van der Waals surface area contributed by atoms with Crippen LogP contribution in [-0.2, 0) is 4.79 Å². The van der Waals surface area contributed by atoms with Gasteiger partial charge in [0, 0.05) is 44.7 Å². The van der Waals surface area contributed by atoms with Crippen molar-refractivity contribution in [2.45, 2.75) is 63.5 Å². The molecule has 2 amide bonds. The Balaban J connectivity index is 1.34. The fourth-order valence-corrected chi connectivity index (χ4v) is 4.70. The molecule has 29 heavy (non-hydrogen) atoms. The van der Waals surface area contributed by atoms with Crippen LogP contribution in [0, 0.1) is 5.92 Å². The first-order valence-electron chi connectivity index (χ1n) is 11.1. The normalized spacial score (nSPS) is 25.2. The minimum atomic E-state index is -0.184. The number of nitrogens with two attached hydrogens (primary N) is 1. The van der Waals surface area contributed by atoms with E-state index in [9.17, 15) is 9.59 Å². The summed E-state index contributed by atoms with van der Waals surface area (Å²) in [5.41, 5.74) is 6.04. The molecule has 3 aliphatic rings. The molecule has 1 aliphatic carbocycles. The third kappa shape index (κ3) is 5.26. The minimum absolute atomic E-state index is 0.184. The van der Waals surface area contributed by atoms with Crippen LogP contribution in [-0.4, -0.2) is 64.9 Å². The molecule has 1 aromatic rings. The Labute approximate surface area is 173 Å². The van der Waals surface area contributed by atoms with Crippen LogP contribution in [0.2, 0.25) is 0 Å². The number of likely N-dealkylation sites (tertiary alicyclic amines) is 2. The van der Waals surface area contributed by atoms with E-state index in [-0.39, 0.29) is 5.91 Å². The number of amides is 2. The van der Waals surface area contributed by atoms with E-state index in [2.05, 4.69) is 20.1 Å². The topological polar surface area (TPSA) is 91.6 Å². The zero-order valence-corrected chi connectivity index (χ0v) is 17.2. The first-order chi connectivity index (χ1) is 14.1. The summed E-state index contributed by atoms with van der Waals surface area (Å²) in [5.74, 6) is 1.24. The Kier molecular flexibility index (Phi) is 6.33. The highest BCUT2D eigenvalue weighted by molar-refractivity contribution is 5.92. The van der Waals surface area contributed by atoms with Crippen molar-refractivity contribution < 1.29 is 9.59 Å². The van der Waals surface area contributed by atoms with Crippen molar-refractivity contribution >= 4 is 17.6 Å². The zero-order valence-electron chi connectivity index (χ0n) is 17.2. The second kappa shape index (κ2) is 9.11. The fourth-order valence-electron chi connectivity index (χ4n) is 4.70. The van der Waals surface area contributed by atoms with E-state index in [1.54, 1.807) is 18.2 Å². The Morgan fingerprint density at radius 3 is 2.55 bits per heavy atom. The molecule has 7 nitrogen and oxygen atoms in total. The van der Waals surface area contributed by atoms with Crippen molar-refractivity contribution in [3.63, 3.8) is 0 Å². The van der Waals surface area contributed by atoms with Gasteiger partial charge in [-0.25, -0.2) is 4.98 Å². The highest BCUT2D eigenvalue weighted by Crippen LogP contribution is 2.35.